The number of methoxy groups -OCH3 is 1. The Kier molecular flexibility index (Phi) is 6.29. The molecule has 4 rings (SSSR count). The van der Waals surface area contributed by atoms with Gasteiger partial charge in [-0.1, -0.05) is 12.1 Å². The van der Waals surface area contributed by atoms with Crippen LogP contribution in [0, 0.1) is 5.82 Å². The lowest BCUT2D eigenvalue weighted by atomic mass is 10.0. The van der Waals surface area contributed by atoms with Gasteiger partial charge < -0.3 is 25.2 Å². The molecule has 0 radical (unpaired) electrons. The Hall–Kier alpha value is -3.23. The number of aliphatic hydroxyl groups is 1. The monoisotopic (exact) mass is 425 g/mol. The van der Waals surface area contributed by atoms with Crippen LogP contribution in [0.4, 0.5) is 10.2 Å². The van der Waals surface area contributed by atoms with Crippen LogP contribution in [0.3, 0.4) is 0 Å². The Labute approximate surface area is 179 Å². The fourth-order valence-electron chi connectivity index (χ4n) is 3.59. The molecule has 0 bridgehead atoms. The van der Waals surface area contributed by atoms with E-state index in [0.717, 1.165) is 29.6 Å². The number of rotatable bonds is 7. The first-order valence-electron chi connectivity index (χ1n) is 10.1. The van der Waals surface area contributed by atoms with Crippen molar-refractivity contribution in [2.24, 2.45) is 0 Å². The first-order valence-corrected chi connectivity index (χ1v) is 10.1. The van der Waals surface area contributed by atoms with Crippen LogP contribution in [-0.4, -0.2) is 49.0 Å². The number of benzene rings is 2. The molecule has 2 atom stereocenters. The summed E-state index contributed by atoms with van der Waals surface area (Å²) < 4.78 is 24.3. The van der Waals surface area contributed by atoms with E-state index in [1.807, 2.05) is 12.1 Å². The zero-order valence-corrected chi connectivity index (χ0v) is 17.1. The molecule has 2 heterocycles. The van der Waals surface area contributed by atoms with Crippen LogP contribution in [-0.2, 0) is 4.74 Å². The SMILES string of the molecule is COc1ccc(C(CO)NC(=O)c2ccc3cnc(NC4CCOC4)cc3c2)cc1F. The summed E-state index contributed by atoms with van der Waals surface area (Å²) in [5, 5.41) is 17.6. The highest BCUT2D eigenvalue weighted by Gasteiger charge is 2.18. The van der Waals surface area contributed by atoms with Gasteiger partial charge in [0.15, 0.2) is 11.6 Å². The number of nitrogens with one attached hydrogen (secondary N) is 2. The van der Waals surface area contributed by atoms with Crippen LogP contribution >= 0.6 is 0 Å². The molecule has 1 saturated heterocycles. The summed E-state index contributed by atoms with van der Waals surface area (Å²) in [6.45, 7) is 1.02. The van der Waals surface area contributed by atoms with Crippen molar-refractivity contribution in [3.8, 4) is 5.75 Å². The maximum absolute atomic E-state index is 14.0. The number of carbonyl (C=O) groups excluding carboxylic acids is 1. The number of hydrogen-bond acceptors (Lipinski definition) is 6. The number of amides is 1. The highest BCUT2D eigenvalue weighted by atomic mass is 19.1. The summed E-state index contributed by atoms with van der Waals surface area (Å²) in [6.07, 6.45) is 2.68. The molecule has 0 spiro atoms. The highest BCUT2D eigenvalue weighted by Crippen LogP contribution is 2.23. The van der Waals surface area contributed by atoms with E-state index in [1.165, 1.54) is 19.2 Å². The lowest BCUT2D eigenvalue weighted by Gasteiger charge is -2.18. The molecule has 7 nitrogen and oxygen atoms in total. The highest BCUT2D eigenvalue weighted by molar-refractivity contribution is 5.99. The molecule has 2 aromatic carbocycles. The van der Waals surface area contributed by atoms with Crippen LogP contribution in [0.2, 0.25) is 0 Å². The Balaban J connectivity index is 1.52. The molecule has 3 aromatic rings. The number of carbonyl (C=O) groups is 1. The zero-order chi connectivity index (χ0) is 21.8. The summed E-state index contributed by atoms with van der Waals surface area (Å²) in [5.41, 5.74) is 0.880. The number of aliphatic hydroxyl groups excluding tert-OH is 1. The molecule has 0 aliphatic carbocycles. The number of anilines is 1. The van der Waals surface area contributed by atoms with Crippen molar-refractivity contribution in [3.05, 3.63) is 65.6 Å². The van der Waals surface area contributed by atoms with Crippen molar-refractivity contribution in [1.82, 2.24) is 10.3 Å². The fourth-order valence-corrected chi connectivity index (χ4v) is 3.59. The Morgan fingerprint density at radius 1 is 1.29 bits per heavy atom. The van der Waals surface area contributed by atoms with Gasteiger partial charge in [0.25, 0.3) is 5.91 Å². The fraction of sp³-hybridized carbons (Fsp3) is 0.304. The molecule has 1 aliphatic heterocycles. The topological polar surface area (TPSA) is 92.7 Å². The number of pyridine rings is 1. The molecule has 8 heteroatoms. The molecular formula is C23H24FN3O4. The molecule has 0 saturated carbocycles. The van der Waals surface area contributed by atoms with Crippen LogP contribution in [0.1, 0.15) is 28.4 Å². The maximum Gasteiger partial charge on any atom is 0.251 e. The standard InChI is InChI=1S/C23H24FN3O4/c1-30-21-5-4-14(9-19(21)24)20(12-28)27-23(29)15-2-3-16-11-25-22(10-17(16)8-15)26-18-6-7-31-13-18/h2-5,8-11,18,20,28H,6-7,12-13H2,1H3,(H,25,26)(H,27,29). The second kappa shape index (κ2) is 9.28. The van der Waals surface area contributed by atoms with Crippen molar-refractivity contribution in [2.45, 2.75) is 18.5 Å². The average Bonchev–Trinajstić information content (AvgIpc) is 3.29. The minimum Gasteiger partial charge on any atom is -0.494 e. The predicted octanol–water partition coefficient (Wildman–Crippen LogP) is 3.05. The van der Waals surface area contributed by atoms with Crippen LogP contribution in [0.5, 0.6) is 5.75 Å². The van der Waals surface area contributed by atoms with Gasteiger partial charge >= 0.3 is 0 Å². The van der Waals surface area contributed by atoms with E-state index in [0.29, 0.717) is 17.7 Å². The van der Waals surface area contributed by atoms with Crippen molar-refractivity contribution in [3.63, 3.8) is 0 Å². The van der Waals surface area contributed by atoms with E-state index in [4.69, 9.17) is 9.47 Å². The largest absolute Gasteiger partial charge is 0.494 e. The molecule has 1 fully saturated rings. The Morgan fingerprint density at radius 2 is 2.16 bits per heavy atom. The molecule has 31 heavy (non-hydrogen) atoms. The third kappa shape index (κ3) is 4.76. The van der Waals surface area contributed by atoms with Gasteiger partial charge in [0.2, 0.25) is 0 Å². The molecule has 3 N–H and O–H groups in total. The van der Waals surface area contributed by atoms with Gasteiger partial charge in [0.05, 0.1) is 32.4 Å². The van der Waals surface area contributed by atoms with Crippen molar-refractivity contribution in [2.75, 3.05) is 32.2 Å². The Bertz CT molecular complexity index is 1090. The summed E-state index contributed by atoms with van der Waals surface area (Å²) in [5.74, 6) is -0.0997. The number of ether oxygens (including phenoxy) is 2. The van der Waals surface area contributed by atoms with Crippen molar-refractivity contribution >= 4 is 22.5 Å². The van der Waals surface area contributed by atoms with Gasteiger partial charge in [0, 0.05) is 23.8 Å². The van der Waals surface area contributed by atoms with Gasteiger partial charge in [-0.3, -0.25) is 4.79 Å². The minimum atomic E-state index is -0.749. The zero-order valence-electron chi connectivity index (χ0n) is 17.1. The Morgan fingerprint density at radius 3 is 2.87 bits per heavy atom. The molecular weight excluding hydrogens is 401 g/mol. The lowest BCUT2D eigenvalue weighted by molar-refractivity contribution is 0.0916. The van der Waals surface area contributed by atoms with Crippen LogP contribution in [0.15, 0.2) is 48.7 Å². The summed E-state index contributed by atoms with van der Waals surface area (Å²) in [6, 6.07) is 11.0. The number of halogens is 1. The van der Waals surface area contributed by atoms with Gasteiger partial charge in [-0.15, -0.1) is 0 Å². The second-order valence-corrected chi connectivity index (χ2v) is 7.44. The van der Waals surface area contributed by atoms with E-state index in [2.05, 4.69) is 15.6 Å². The first kappa shape index (κ1) is 21.0. The summed E-state index contributed by atoms with van der Waals surface area (Å²) in [7, 11) is 1.38. The number of nitrogens with zero attached hydrogens (tertiary/aromatic N) is 1. The van der Waals surface area contributed by atoms with Gasteiger partial charge in [-0.25, -0.2) is 9.37 Å². The van der Waals surface area contributed by atoms with E-state index < -0.39 is 11.9 Å². The van der Waals surface area contributed by atoms with E-state index in [9.17, 15) is 14.3 Å². The number of fused-ring (bicyclic) bond motifs is 1. The molecule has 2 unspecified atom stereocenters. The third-order valence-corrected chi connectivity index (χ3v) is 5.33. The average molecular weight is 425 g/mol. The summed E-state index contributed by atoms with van der Waals surface area (Å²) in [4.78, 5) is 17.2. The molecule has 1 aromatic heterocycles. The van der Waals surface area contributed by atoms with Gasteiger partial charge in [-0.05, 0) is 47.7 Å². The number of aromatic nitrogens is 1. The molecule has 162 valence electrons. The molecule has 1 aliphatic rings. The summed E-state index contributed by atoms with van der Waals surface area (Å²) >= 11 is 0. The predicted molar refractivity (Wildman–Crippen MR) is 115 cm³/mol. The van der Waals surface area contributed by atoms with Crippen LogP contribution < -0.4 is 15.4 Å². The quantitative estimate of drug-likeness (QED) is 0.539. The second-order valence-electron chi connectivity index (χ2n) is 7.44. The van der Waals surface area contributed by atoms with Crippen molar-refractivity contribution in [1.29, 1.82) is 0 Å². The normalized spacial score (nSPS) is 16.8. The minimum absolute atomic E-state index is 0.100. The maximum atomic E-state index is 14.0. The smallest absolute Gasteiger partial charge is 0.251 e. The van der Waals surface area contributed by atoms with E-state index >= 15 is 0 Å². The van der Waals surface area contributed by atoms with Crippen LogP contribution in [0.25, 0.3) is 10.8 Å². The van der Waals surface area contributed by atoms with E-state index in [-0.39, 0.29) is 24.3 Å². The third-order valence-electron chi connectivity index (χ3n) is 5.33. The lowest BCUT2D eigenvalue weighted by Crippen LogP contribution is -2.30. The number of hydrogen-bond donors (Lipinski definition) is 3. The van der Waals surface area contributed by atoms with Gasteiger partial charge in [0.1, 0.15) is 5.82 Å². The first-order chi connectivity index (χ1) is 15.1. The van der Waals surface area contributed by atoms with Crippen molar-refractivity contribution < 1.29 is 23.8 Å². The van der Waals surface area contributed by atoms with E-state index in [1.54, 1.807) is 24.4 Å². The molecule has 1 amide bonds. The van der Waals surface area contributed by atoms with Gasteiger partial charge in [-0.2, -0.15) is 0 Å².